The van der Waals surface area contributed by atoms with Crippen molar-refractivity contribution in [3.63, 3.8) is 0 Å². The highest BCUT2D eigenvalue weighted by Crippen LogP contribution is 2.49. The maximum absolute atomic E-state index is 14.1. The van der Waals surface area contributed by atoms with E-state index in [1.165, 1.54) is 61.7 Å². The van der Waals surface area contributed by atoms with Crippen molar-refractivity contribution in [2.75, 3.05) is 13.1 Å². The summed E-state index contributed by atoms with van der Waals surface area (Å²) in [6, 6.07) is 27.6. The molecule has 1 aliphatic rings. The molecular formula is C42H45F3N+. The molecule has 0 bridgehead atoms. The van der Waals surface area contributed by atoms with Crippen molar-refractivity contribution in [1.82, 2.24) is 0 Å². The molecule has 0 radical (unpaired) electrons. The lowest BCUT2D eigenvalue weighted by Gasteiger charge is -2.39. The van der Waals surface area contributed by atoms with Crippen LogP contribution in [0.15, 0.2) is 91.0 Å². The van der Waals surface area contributed by atoms with E-state index in [4.69, 9.17) is 0 Å². The van der Waals surface area contributed by atoms with E-state index in [1.54, 1.807) is 6.07 Å². The van der Waals surface area contributed by atoms with Gasteiger partial charge in [-0.1, -0.05) is 100 Å². The lowest BCUT2D eigenvalue weighted by molar-refractivity contribution is -0.953. The van der Waals surface area contributed by atoms with E-state index in [0.29, 0.717) is 5.56 Å². The predicted molar refractivity (Wildman–Crippen MR) is 188 cm³/mol. The molecule has 0 unspecified atom stereocenters. The van der Waals surface area contributed by atoms with Gasteiger partial charge in [0.15, 0.2) is 0 Å². The molecule has 238 valence electrons. The van der Waals surface area contributed by atoms with Gasteiger partial charge in [-0.15, -0.1) is 0 Å². The second-order valence-corrected chi connectivity index (χ2v) is 13.2. The van der Waals surface area contributed by atoms with Crippen molar-refractivity contribution in [2.45, 2.75) is 79.1 Å². The fourth-order valence-corrected chi connectivity index (χ4v) is 7.71. The monoisotopic (exact) mass is 620 g/mol. The molecule has 0 atom stereocenters. The zero-order valence-electron chi connectivity index (χ0n) is 27.6. The van der Waals surface area contributed by atoms with Crippen LogP contribution in [-0.4, -0.2) is 17.6 Å². The van der Waals surface area contributed by atoms with Crippen molar-refractivity contribution in [3.8, 4) is 22.3 Å². The number of hydrogen-bond acceptors (Lipinski definition) is 0. The van der Waals surface area contributed by atoms with Gasteiger partial charge in [0.25, 0.3) is 0 Å². The predicted octanol–water partition coefficient (Wildman–Crippen LogP) is 12.6. The minimum Gasteiger partial charge on any atom is -0.316 e. The number of rotatable bonds is 9. The van der Waals surface area contributed by atoms with Crippen molar-refractivity contribution >= 4 is 27.1 Å². The first-order valence-corrected chi connectivity index (χ1v) is 17.0. The summed E-state index contributed by atoms with van der Waals surface area (Å²) in [5.74, 6) is 0. The zero-order chi connectivity index (χ0) is 32.5. The van der Waals surface area contributed by atoms with Crippen LogP contribution in [0.25, 0.3) is 49.4 Å². The summed E-state index contributed by atoms with van der Waals surface area (Å²) in [5, 5.41) is 4.63. The number of hydrogen-bond donors (Lipinski definition) is 0. The van der Waals surface area contributed by atoms with Gasteiger partial charge >= 0.3 is 6.18 Å². The number of halogens is 3. The Labute approximate surface area is 272 Å². The van der Waals surface area contributed by atoms with Crippen molar-refractivity contribution < 1.29 is 17.7 Å². The number of allylic oxidation sites excluding steroid dienone is 2. The van der Waals surface area contributed by atoms with Gasteiger partial charge in [-0.05, 0) is 94.3 Å². The number of unbranched alkanes of at least 4 members (excludes halogenated alkanes) is 2. The van der Waals surface area contributed by atoms with E-state index in [2.05, 4.69) is 88.4 Å². The van der Waals surface area contributed by atoms with E-state index < -0.39 is 11.7 Å². The van der Waals surface area contributed by atoms with Gasteiger partial charge in [0.1, 0.15) is 13.1 Å². The third kappa shape index (κ3) is 6.00. The topological polar surface area (TPSA) is 0 Å². The first kappa shape index (κ1) is 32.1. The minimum absolute atomic E-state index is 0.605. The van der Waals surface area contributed by atoms with Gasteiger partial charge < -0.3 is 4.48 Å². The average molecular weight is 621 g/mol. The first-order chi connectivity index (χ1) is 22.2. The zero-order valence-corrected chi connectivity index (χ0v) is 27.6. The van der Waals surface area contributed by atoms with Crippen LogP contribution >= 0.6 is 0 Å². The number of alkyl halides is 3. The fourth-order valence-electron chi connectivity index (χ4n) is 7.71. The summed E-state index contributed by atoms with van der Waals surface area (Å²) in [7, 11) is 0. The number of benzene rings is 5. The molecule has 1 nitrogen and oxygen atoms in total. The Hall–Kier alpha value is -3.89. The van der Waals surface area contributed by atoms with Crippen LogP contribution in [0.2, 0.25) is 0 Å². The highest BCUT2D eigenvalue weighted by Gasteiger charge is 2.38. The number of fused-ring (bicyclic) bond motifs is 7. The van der Waals surface area contributed by atoms with E-state index >= 15 is 0 Å². The summed E-state index contributed by atoms with van der Waals surface area (Å²) in [6.45, 7) is 12.7. The smallest absolute Gasteiger partial charge is 0.316 e. The highest BCUT2D eigenvalue weighted by atomic mass is 19.4. The number of nitrogens with zero attached hydrogens (tertiary/aromatic N) is 1. The molecular weight excluding hydrogens is 575 g/mol. The molecule has 0 N–H and O–H groups in total. The Bertz CT molecular complexity index is 1900. The van der Waals surface area contributed by atoms with Crippen LogP contribution < -0.4 is 0 Å². The summed E-state index contributed by atoms with van der Waals surface area (Å²) in [5.41, 5.74) is 8.52. The van der Waals surface area contributed by atoms with E-state index in [0.717, 1.165) is 73.7 Å². The molecule has 0 amide bonds. The third-order valence-electron chi connectivity index (χ3n) is 9.96. The van der Waals surface area contributed by atoms with Gasteiger partial charge in [-0.25, -0.2) is 0 Å². The molecule has 5 aromatic rings. The van der Waals surface area contributed by atoms with Crippen LogP contribution in [0.1, 0.15) is 82.1 Å². The normalized spacial score (nSPS) is 14.7. The van der Waals surface area contributed by atoms with Crippen LogP contribution in [0.3, 0.4) is 0 Å². The molecule has 0 saturated heterocycles. The van der Waals surface area contributed by atoms with Crippen molar-refractivity contribution in [3.05, 3.63) is 113 Å². The molecule has 5 aromatic carbocycles. The van der Waals surface area contributed by atoms with E-state index in [9.17, 15) is 13.2 Å². The van der Waals surface area contributed by atoms with Crippen LogP contribution in [-0.2, 0) is 19.3 Å². The molecule has 1 heterocycles. The molecule has 6 rings (SSSR count). The molecule has 46 heavy (non-hydrogen) atoms. The van der Waals surface area contributed by atoms with Crippen molar-refractivity contribution in [2.24, 2.45) is 0 Å². The minimum atomic E-state index is -4.41. The van der Waals surface area contributed by atoms with Gasteiger partial charge in [0, 0.05) is 22.3 Å². The molecule has 4 heteroatoms. The summed E-state index contributed by atoms with van der Waals surface area (Å²) >= 11 is 0. The van der Waals surface area contributed by atoms with Gasteiger partial charge in [-0.3, -0.25) is 0 Å². The van der Waals surface area contributed by atoms with E-state index in [-0.39, 0.29) is 0 Å². The maximum atomic E-state index is 14.1. The third-order valence-corrected chi connectivity index (χ3v) is 9.96. The second-order valence-electron chi connectivity index (χ2n) is 13.2. The first-order valence-electron chi connectivity index (χ1n) is 17.0. The van der Waals surface area contributed by atoms with Crippen LogP contribution in [0.4, 0.5) is 13.2 Å². The fraction of sp³-hybridized carbons (Fsp3) is 0.333. The van der Waals surface area contributed by atoms with Crippen LogP contribution in [0.5, 0.6) is 0 Å². The van der Waals surface area contributed by atoms with Gasteiger partial charge in [-0.2, -0.15) is 13.2 Å². The Morgan fingerprint density at radius 2 is 1.30 bits per heavy atom. The Morgan fingerprint density at radius 3 is 1.91 bits per heavy atom. The Kier molecular flexibility index (Phi) is 9.12. The molecule has 0 aliphatic carbocycles. The van der Waals surface area contributed by atoms with Gasteiger partial charge in [0.05, 0.1) is 18.7 Å². The largest absolute Gasteiger partial charge is 0.416 e. The molecule has 0 saturated carbocycles. The van der Waals surface area contributed by atoms with Crippen LogP contribution in [0, 0.1) is 0 Å². The molecule has 1 aliphatic heterocycles. The average Bonchev–Trinajstić information content (AvgIpc) is 3.21. The highest BCUT2D eigenvalue weighted by molar-refractivity contribution is 6.11. The lowest BCUT2D eigenvalue weighted by Crippen LogP contribution is -2.47. The molecule has 0 spiro atoms. The Morgan fingerprint density at radius 1 is 0.717 bits per heavy atom. The quantitative estimate of drug-likeness (QED) is 0.144. The Balaban J connectivity index is 1.82. The summed E-state index contributed by atoms with van der Waals surface area (Å²) in [6.07, 6.45) is 3.29. The summed E-state index contributed by atoms with van der Waals surface area (Å²) < 4.78 is 43.2. The standard InChI is InChI=1S/C42H45F3N/c1-5-8-22-46(23-9-6-2)27-38-36(29(4)15-7-3)25-31-16-10-12-20-34(31)40(38)41-35-21-13-11-17-32(35)26-37(39(41)28-46)30-18-14-19-33(24-30)42(43,44)45/h10-21,24-26H,5-9,22-23,27-28H2,1-4H3/q+1/b29-15+. The lowest BCUT2D eigenvalue weighted by atomic mass is 9.82. The second kappa shape index (κ2) is 13.1. The maximum Gasteiger partial charge on any atom is 0.416 e. The van der Waals surface area contributed by atoms with Gasteiger partial charge in [0.2, 0.25) is 0 Å². The SMILES string of the molecule is CC/C=C(\C)c1cc2ccccc2c2c1C[N+](CCCC)(CCCC)Cc1c(-c3cccc(C(F)(F)F)c3)cc3ccccc3c1-2. The molecule has 0 aromatic heterocycles. The number of quaternary nitrogens is 1. The summed E-state index contributed by atoms with van der Waals surface area (Å²) in [4.78, 5) is 0. The molecule has 0 fully saturated rings. The van der Waals surface area contributed by atoms with Crippen molar-refractivity contribution in [1.29, 1.82) is 0 Å². The van der Waals surface area contributed by atoms with E-state index in [1.807, 2.05) is 12.1 Å².